The molecular weight excluding hydrogens is 324 g/mol. The molecule has 1 aliphatic heterocycles. The molecule has 1 heterocycles. The summed E-state index contributed by atoms with van der Waals surface area (Å²) in [6.45, 7) is 13.1. The summed E-state index contributed by atoms with van der Waals surface area (Å²) in [7, 11) is 0. The van der Waals surface area contributed by atoms with Gasteiger partial charge in [0.25, 0.3) is 0 Å². The van der Waals surface area contributed by atoms with E-state index in [1.165, 1.54) is 31.7 Å². The van der Waals surface area contributed by atoms with E-state index in [1.54, 1.807) is 0 Å². The van der Waals surface area contributed by atoms with Crippen LogP contribution < -0.4 is 4.74 Å². The van der Waals surface area contributed by atoms with Gasteiger partial charge in [-0.05, 0) is 38.5 Å². The number of ether oxygens (including phenoxy) is 1. The second-order valence-electron chi connectivity index (χ2n) is 6.09. The van der Waals surface area contributed by atoms with Crippen molar-refractivity contribution < 1.29 is 24.5 Å². The van der Waals surface area contributed by atoms with E-state index < -0.39 is 11.9 Å². The normalized spacial score (nSPS) is 15.4. The lowest BCUT2D eigenvalue weighted by molar-refractivity contribution is -0.159. The molecule has 7 nitrogen and oxygen atoms in total. The Morgan fingerprint density at radius 1 is 1.04 bits per heavy atom. The molecular formula is C18H28N2O5. The van der Waals surface area contributed by atoms with Crippen LogP contribution in [0.15, 0.2) is 24.3 Å². The van der Waals surface area contributed by atoms with E-state index in [9.17, 15) is 0 Å². The first-order valence-corrected chi connectivity index (χ1v) is 8.47. The Hall–Kier alpha value is -2.12. The molecule has 140 valence electrons. The highest BCUT2D eigenvalue weighted by molar-refractivity contribution is 6.27. The Balaban J connectivity index is 0.000000450. The molecule has 7 heteroatoms. The van der Waals surface area contributed by atoms with Crippen LogP contribution in [0.1, 0.15) is 26.3 Å². The van der Waals surface area contributed by atoms with Crippen molar-refractivity contribution in [2.75, 3.05) is 32.8 Å². The molecule has 0 bridgehead atoms. The third-order valence-corrected chi connectivity index (χ3v) is 3.96. The number of hydrogen-bond acceptors (Lipinski definition) is 5. The number of hydrogen-bond donors (Lipinski definition) is 2. The molecule has 0 unspecified atom stereocenters. The quantitative estimate of drug-likeness (QED) is 0.781. The molecule has 1 aromatic carbocycles. The standard InChI is InChI=1S/C16H26N2O.C2H2O4/c1-4-19-16-7-5-15(6-8-16)13-17-9-11-18(12-10-17)14(2)3;3-1(4)2(5)6/h5-8,14H,4,9-13H2,1-3H3;(H,3,4)(H,5,6). The average Bonchev–Trinajstić information content (AvgIpc) is 2.58. The maximum Gasteiger partial charge on any atom is 0.414 e. The molecule has 2 N–H and O–H groups in total. The van der Waals surface area contributed by atoms with E-state index in [2.05, 4.69) is 47.9 Å². The minimum atomic E-state index is -1.82. The lowest BCUT2D eigenvalue weighted by Gasteiger charge is -2.36. The molecule has 0 saturated carbocycles. The van der Waals surface area contributed by atoms with E-state index >= 15 is 0 Å². The minimum Gasteiger partial charge on any atom is -0.494 e. The predicted octanol–water partition coefficient (Wildman–Crippen LogP) is 1.77. The maximum atomic E-state index is 9.10. The molecule has 0 atom stereocenters. The summed E-state index contributed by atoms with van der Waals surface area (Å²) in [5, 5.41) is 14.8. The molecule has 1 saturated heterocycles. The van der Waals surface area contributed by atoms with Crippen molar-refractivity contribution in [2.24, 2.45) is 0 Å². The molecule has 0 radical (unpaired) electrons. The van der Waals surface area contributed by atoms with Crippen molar-refractivity contribution in [1.82, 2.24) is 9.80 Å². The number of nitrogens with zero attached hydrogens (tertiary/aromatic N) is 2. The fraction of sp³-hybridized carbons (Fsp3) is 0.556. The first-order valence-electron chi connectivity index (χ1n) is 8.47. The number of aliphatic carboxylic acids is 2. The molecule has 2 rings (SSSR count). The fourth-order valence-electron chi connectivity index (χ4n) is 2.55. The molecule has 1 aromatic rings. The van der Waals surface area contributed by atoms with Gasteiger partial charge in [-0.25, -0.2) is 9.59 Å². The van der Waals surface area contributed by atoms with Gasteiger partial charge in [0.15, 0.2) is 0 Å². The fourth-order valence-corrected chi connectivity index (χ4v) is 2.55. The van der Waals surface area contributed by atoms with Crippen LogP contribution in [0.4, 0.5) is 0 Å². The summed E-state index contributed by atoms with van der Waals surface area (Å²) >= 11 is 0. The van der Waals surface area contributed by atoms with Crippen LogP contribution in [-0.4, -0.2) is 70.8 Å². The van der Waals surface area contributed by atoms with Crippen LogP contribution >= 0.6 is 0 Å². The van der Waals surface area contributed by atoms with Crippen LogP contribution in [0, 0.1) is 0 Å². The summed E-state index contributed by atoms with van der Waals surface area (Å²) in [6, 6.07) is 9.18. The van der Waals surface area contributed by atoms with E-state index in [-0.39, 0.29) is 0 Å². The number of carboxylic acids is 2. The Bertz CT molecular complexity index is 525. The maximum absolute atomic E-state index is 9.10. The van der Waals surface area contributed by atoms with Crippen LogP contribution in [0.25, 0.3) is 0 Å². The Morgan fingerprint density at radius 2 is 1.56 bits per heavy atom. The smallest absolute Gasteiger partial charge is 0.414 e. The van der Waals surface area contributed by atoms with Gasteiger partial charge in [-0.2, -0.15) is 0 Å². The van der Waals surface area contributed by atoms with Gasteiger partial charge in [-0.1, -0.05) is 12.1 Å². The summed E-state index contributed by atoms with van der Waals surface area (Å²) in [5.41, 5.74) is 1.38. The number of piperazine rings is 1. The predicted molar refractivity (Wildman–Crippen MR) is 94.9 cm³/mol. The van der Waals surface area contributed by atoms with Crippen molar-refractivity contribution in [1.29, 1.82) is 0 Å². The van der Waals surface area contributed by atoms with Crippen LogP contribution in [0.5, 0.6) is 5.75 Å². The van der Waals surface area contributed by atoms with Crippen molar-refractivity contribution in [3.05, 3.63) is 29.8 Å². The Morgan fingerprint density at radius 3 is 1.96 bits per heavy atom. The summed E-state index contributed by atoms with van der Waals surface area (Å²) in [4.78, 5) is 23.3. The van der Waals surface area contributed by atoms with Gasteiger partial charge >= 0.3 is 11.9 Å². The highest BCUT2D eigenvalue weighted by Gasteiger charge is 2.18. The third-order valence-electron chi connectivity index (χ3n) is 3.96. The van der Waals surface area contributed by atoms with Gasteiger partial charge in [-0.15, -0.1) is 0 Å². The van der Waals surface area contributed by atoms with Gasteiger partial charge in [0, 0.05) is 38.8 Å². The molecule has 0 amide bonds. The van der Waals surface area contributed by atoms with Crippen molar-refractivity contribution in [2.45, 2.75) is 33.4 Å². The Labute approximate surface area is 148 Å². The number of carbonyl (C=O) groups is 2. The van der Waals surface area contributed by atoms with E-state index in [4.69, 9.17) is 24.5 Å². The summed E-state index contributed by atoms with van der Waals surface area (Å²) < 4.78 is 5.47. The topological polar surface area (TPSA) is 90.3 Å². The van der Waals surface area contributed by atoms with Crippen molar-refractivity contribution in [3.8, 4) is 5.75 Å². The zero-order valence-corrected chi connectivity index (χ0v) is 15.1. The third kappa shape index (κ3) is 8.00. The second kappa shape index (κ2) is 10.7. The molecule has 25 heavy (non-hydrogen) atoms. The van der Waals surface area contributed by atoms with Gasteiger partial charge < -0.3 is 14.9 Å². The lowest BCUT2D eigenvalue weighted by Crippen LogP contribution is -2.48. The SMILES string of the molecule is CCOc1ccc(CN2CCN(C(C)C)CC2)cc1.O=C(O)C(=O)O. The van der Waals surface area contributed by atoms with Gasteiger partial charge in [-0.3, -0.25) is 9.80 Å². The zero-order chi connectivity index (χ0) is 18.8. The minimum absolute atomic E-state index is 0.674. The second-order valence-corrected chi connectivity index (χ2v) is 6.09. The van der Waals surface area contributed by atoms with Gasteiger partial charge in [0.05, 0.1) is 6.61 Å². The molecule has 1 aliphatic rings. The zero-order valence-electron chi connectivity index (χ0n) is 15.1. The van der Waals surface area contributed by atoms with Gasteiger partial charge in [0.1, 0.15) is 5.75 Å². The Kier molecular flexibility index (Phi) is 8.94. The highest BCUT2D eigenvalue weighted by atomic mass is 16.5. The van der Waals surface area contributed by atoms with Crippen LogP contribution in [0.3, 0.4) is 0 Å². The average molecular weight is 352 g/mol. The summed E-state index contributed by atoms with van der Waals surface area (Å²) in [6.07, 6.45) is 0. The summed E-state index contributed by atoms with van der Waals surface area (Å²) in [5.74, 6) is -2.68. The first kappa shape index (κ1) is 20.9. The van der Waals surface area contributed by atoms with E-state index in [0.717, 1.165) is 18.9 Å². The molecule has 0 aliphatic carbocycles. The first-order chi connectivity index (χ1) is 11.8. The monoisotopic (exact) mass is 352 g/mol. The largest absolute Gasteiger partial charge is 0.494 e. The lowest BCUT2D eigenvalue weighted by atomic mass is 10.2. The number of benzene rings is 1. The molecule has 1 fully saturated rings. The molecule has 0 spiro atoms. The van der Waals surface area contributed by atoms with Crippen LogP contribution in [0.2, 0.25) is 0 Å². The van der Waals surface area contributed by atoms with Gasteiger partial charge in [0.2, 0.25) is 0 Å². The highest BCUT2D eigenvalue weighted by Crippen LogP contribution is 2.15. The van der Waals surface area contributed by atoms with Crippen LogP contribution in [-0.2, 0) is 16.1 Å². The van der Waals surface area contributed by atoms with Crippen molar-refractivity contribution in [3.63, 3.8) is 0 Å². The number of rotatable bonds is 5. The van der Waals surface area contributed by atoms with E-state index in [0.29, 0.717) is 6.04 Å². The van der Waals surface area contributed by atoms with Crippen molar-refractivity contribution >= 4 is 11.9 Å². The van der Waals surface area contributed by atoms with E-state index in [1.807, 2.05) is 6.92 Å². The molecule has 0 aromatic heterocycles. The number of carboxylic acid groups (broad SMARTS) is 2.